The number of rotatable bonds is 3. The summed E-state index contributed by atoms with van der Waals surface area (Å²) in [7, 11) is 0. The third-order valence-electron chi connectivity index (χ3n) is 5.21. The standard InChI is InChI=1S/C21H25NO2/c1-13-4-6-17(9-14(13)2)19-11-18(21(24)22-12-19)10-16-5-7-20(23)15(3)8-16/h4-9,18-19,23H,10-12H2,1-3H3,(H,22,24)/t18-,19+/m0/s1. The second-order valence-corrected chi connectivity index (χ2v) is 7.04. The minimum Gasteiger partial charge on any atom is -0.508 e. The minimum absolute atomic E-state index is 0.0192. The maximum atomic E-state index is 12.3. The first-order chi connectivity index (χ1) is 11.4. The molecule has 3 heteroatoms. The number of amides is 1. The van der Waals surface area contributed by atoms with Gasteiger partial charge >= 0.3 is 0 Å². The summed E-state index contributed by atoms with van der Waals surface area (Å²) in [6, 6.07) is 12.2. The van der Waals surface area contributed by atoms with E-state index < -0.39 is 0 Å². The van der Waals surface area contributed by atoms with Gasteiger partial charge in [-0.3, -0.25) is 4.79 Å². The van der Waals surface area contributed by atoms with E-state index >= 15 is 0 Å². The Hall–Kier alpha value is -2.29. The summed E-state index contributed by atoms with van der Waals surface area (Å²) in [6.07, 6.45) is 1.59. The maximum Gasteiger partial charge on any atom is 0.223 e. The van der Waals surface area contributed by atoms with E-state index in [2.05, 4.69) is 37.4 Å². The van der Waals surface area contributed by atoms with Crippen LogP contribution in [0.4, 0.5) is 0 Å². The van der Waals surface area contributed by atoms with E-state index in [1.54, 1.807) is 6.07 Å². The van der Waals surface area contributed by atoms with Crippen LogP contribution in [0.15, 0.2) is 36.4 Å². The molecule has 0 bridgehead atoms. The van der Waals surface area contributed by atoms with Gasteiger partial charge in [0.25, 0.3) is 0 Å². The lowest BCUT2D eigenvalue weighted by Gasteiger charge is -2.30. The summed E-state index contributed by atoms with van der Waals surface area (Å²) in [5.74, 6) is 0.792. The van der Waals surface area contributed by atoms with Crippen LogP contribution in [0, 0.1) is 26.7 Å². The van der Waals surface area contributed by atoms with Crippen LogP contribution in [-0.4, -0.2) is 17.6 Å². The van der Waals surface area contributed by atoms with Crippen LogP contribution in [0.2, 0.25) is 0 Å². The number of aryl methyl sites for hydroxylation is 3. The predicted molar refractivity (Wildman–Crippen MR) is 96.3 cm³/mol. The summed E-state index contributed by atoms with van der Waals surface area (Å²) in [5, 5.41) is 12.7. The molecule has 0 saturated carbocycles. The molecule has 1 aliphatic heterocycles. The van der Waals surface area contributed by atoms with Crippen LogP contribution >= 0.6 is 0 Å². The Morgan fingerprint density at radius 1 is 1.04 bits per heavy atom. The number of nitrogens with one attached hydrogen (secondary N) is 1. The van der Waals surface area contributed by atoms with E-state index in [0.29, 0.717) is 24.6 Å². The van der Waals surface area contributed by atoms with E-state index in [1.165, 1.54) is 16.7 Å². The van der Waals surface area contributed by atoms with Gasteiger partial charge in [-0.25, -0.2) is 0 Å². The molecule has 2 aromatic rings. The molecule has 24 heavy (non-hydrogen) atoms. The number of aromatic hydroxyl groups is 1. The average molecular weight is 323 g/mol. The second-order valence-electron chi connectivity index (χ2n) is 7.04. The quantitative estimate of drug-likeness (QED) is 0.903. The van der Waals surface area contributed by atoms with Crippen LogP contribution in [0.1, 0.15) is 40.2 Å². The number of carbonyl (C=O) groups excluding carboxylic acids is 1. The third-order valence-corrected chi connectivity index (χ3v) is 5.21. The summed E-state index contributed by atoms with van der Waals surface area (Å²) in [4.78, 5) is 12.3. The molecule has 3 rings (SSSR count). The van der Waals surface area contributed by atoms with Gasteiger partial charge in [-0.05, 0) is 67.5 Å². The van der Waals surface area contributed by atoms with Crippen molar-refractivity contribution in [1.29, 1.82) is 0 Å². The van der Waals surface area contributed by atoms with Gasteiger partial charge in [-0.15, -0.1) is 0 Å². The number of benzene rings is 2. The van der Waals surface area contributed by atoms with Gasteiger partial charge < -0.3 is 10.4 Å². The Labute approximate surface area is 143 Å². The number of hydrogen-bond donors (Lipinski definition) is 2. The zero-order chi connectivity index (χ0) is 17.3. The molecule has 0 aromatic heterocycles. The molecule has 3 nitrogen and oxygen atoms in total. The molecule has 1 amide bonds. The van der Waals surface area contributed by atoms with Gasteiger partial charge in [0.2, 0.25) is 5.91 Å². The number of carbonyl (C=O) groups is 1. The molecule has 0 radical (unpaired) electrons. The lowest BCUT2D eigenvalue weighted by Crippen LogP contribution is -2.41. The van der Waals surface area contributed by atoms with E-state index in [-0.39, 0.29) is 11.8 Å². The predicted octanol–water partition coefficient (Wildman–Crippen LogP) is 3.78. The highest BCUT2D eigenvalue weighted by Crippen LogP contribution is 2.30. The summed E-state index contributed by atoms with van der Waals surface area (Å²) >= 11 is 0. The van der Waals surface area contributed by atoms with E-state index in [1.807, 2.05) is 19.1 Å². The number of phenolic OH excluding ortho intramolecular Hbond substituents is 1. The van der Waals surface area contributed by atoms with E-state index in [9.17, 15) is 9.90 Å². The highest BCUT2D eigenvalue weighted by Gasteiger charge is 2.29. The lowest BCUT2D eigenvalue weighted by atomic mass is 9.81. The van der Waals surface area contributed by atoms with Crippen LogP contribution < -0.4 is 5.32 Å². The normalized spacial score (nSPS) is 20.7. The Bertz CT molecular complexity index is 766. The van der Waals surface area contributed by atoms with Crippen molar-refractivity contribution < 1.29 is 9.90 Å². The third kappa shape index (κ3) is 3.45. The van der Waals surface area contributed by atoms with E-state index in [4.69, 9.17) is 0 Å². The summed E-state index contributed by atoms with van der Waals surface area (Å²) in [6.45, 7) is 6.86. The Morgan fingerprint density at radius 3 is 2.54 bits per heavy atom. The van der Waals surface area contributed by atoms with Gasteiger partial charge in [0.05, 0.1) is 0 Å². The van der Waals surface area contributed by atoms with Crippen molar-refractivity contribution in [2.45, 2.75) is 39.5 Å². The van der Waals surface area contributed by atoms with Crippen molar-refractivity contribution >= 4 is 5.91 Å². The topological polar surface area (TPSA) is 49.3 Å². The van der Waals surface area contributed by atoms with Gasteiger partial charge in [-0.1, -0.05) is 30.3 Å². The molecule has 0 spiro atoms. The molecule has 0 unspecified atom stereocenters. The second kappa shape index (κ2) is 6.68. The monoisotopic (exact) mass is 323 g/mol. The first-order valence-electron chi connectivity index (χ1n) is 8.57. The zero-order valence-electron chi connectivity index (χ0n) is 14.6. The Kier molecular flexibility index (Phi) is 4.61. The molecule has 2 N–H and O–H groups in total. The van der Waals surface area contributed by atoms with E-state index in [0.717, 1.165) is 17.5 Å². The molecule has 2 aromatic carbocycles. The lowest BCUT2D eigenvalue weighted by molar-refractivity contribution is -0.126. The fourth-order valence-corrected chi connectivity index (χ4v) is 3.48. The Morgan fingerprint density at radius 2 is 1.83 bits per heavy atom. The number of hydrogen-bond acceptors (Lipinski definition) is 2. The van der Waals surface area contributed by atoms with Crippen molar-refractivity contribution in [3.05, 3.63) is 64.2 Å². The molecule has 126 valence electrons. The summed E-state index contributed by atoms with van der Waals surface area (Å²) < 4.78 is 0. The van der Waals surface area contributed by atoms with Crippen molar-refractivity contribution in [1.82, 2.24) is 5.32 Å². The van der Waals surface area contributed by atoms with Crippen molar-refractivity contribution in [3.63, 3.8) is 0 Å². The highest BCUT2D eigenvalue weighted by atomic mass is 16.3. The largest absolute Gasteiger partial charge is 0.508 e. The smallest absolute Gasteiger partial charge is 0.223 e. The fraction of sp³-hybridized carbons (Fsp3) is 0.381. The zero-order valence-corrected chi connectivity index (χ0v) is 14.6. The van der Waals surface area contributed by atoms with Crippen LogP contribution in [0.25, 0.3) is 0 Å². The van der Waals surface area contributed by atoms with Gasteiger partial charge in [0, 0.05) is 18.4 Å². The summed E-state index contributed by atoms with van der Waals surface area (Å²) in [5.41, 5.74) is 5.87. The number of phenols is 1. The SMILES string of the molecule is Cc1ccc([C@H]2CNC(=O)[C@@H](Cc3ccc(O)c(C)c3)C2)cc1C. The molecule has 1 aliphatic rings. The van der Waals surface area contributed by atoms with Gasteiger partial charge in [0.15, 0.2) is 0 Å². The molecule has 0 aliphatic carbocycles. The average Bonchev–Trinajstić information content (AvgIpc) is 2.56. The highest BCUT2D eigenvalue weighted by molar-refractivity contribution is 5.80. The Balaban J connectivity index is 1.76. The molecule has 1 fully saturated rings. The fourth-order valence-electron chi connectivity index (χ4n) is 3.48. The van der Waals surface area contributed by atoms with Crippen molar-refractivity contribution in [3.8, 4) is 5.75 Å². The van der Waals surface area contributed by atoms with Crippen LogP contribution in [-0.2, 0) is 11.2 Å². The van der Waals surface area contributed by atoms with Crippen LogP contribution in [0.5, 0.6) is 5.75 Å². The molecule has 2 atom stereocenters. The first kappa shape index (κ1) is 16.6. The van der Waals surface area contributed by atoms with Crippen molar-refractivity contribution in [2.24, 2.45) is 5.92 Å². The van der Waals surface area contributed by atoms with Gasteiger partial charge in [0.1, 0.15) is 5.75 Å². The maximum absolute atomic E-state index is 12.3. The van der Waals surface area contributed by atoms with Crippen molar-refractivity contribution in [2.75, 3.05) is 6.54 Å². The number of piperidine rings is 1. The van der Waals surface area contributed by atoms with Gasteiger partial charge in [-0.2, -0.15) is 0 Å². The first-order valence-corrected chi connectivity index (χ1v) is 8.57. The van der Waals surface area contributed by atoms with Crippen LogP contribution in [0.3, 0.4) is 0 Å². The molecular formula is C21H25NO2. The minimum atomic E-state index is -0.0192. The molecule has 1 saturated heterocycles. The molecular weight excluding hydrogens is 298 g/mol. The molecule has 1 heterocycles.